The predicted octanol–water partition coefficient (Wildman–Crippen LogP) is 4.23. The summed E-state index contributed by atoms with van der Waals surface area (Å²) in [5, 5.41) is 5.24. The standard InChI is InChI=1S/C27H29N3O3S/c31-25(28-26(24-14-9-17-34-24)20-10-3-1-4-11-20)19-30-18-23(27(32)29-15-7-2-8-16-29)33-22-13-6-5-12-21(22)30/h1,3-6,9-14,17,23,26H,2,7-8,15-16,18-19H2,(H,28,31)/t23-,26+/m1/s1. The third kappa shape index (κ3) is 4.94. The van der Waals surface area contributed by atoms with Crippen LogP contribution in [-0.2, 0) is 9.59 Å². The molecule has 3 heterocycles. The van der Waals surface area contributed by atoms with Crippen LogP contribution in [0, 0.1) is 0 Å². The number of ether oxygens (including phenoxy) is 1. The van der Waals surface area contributed by atoms with E-state index < -0.39 is 6.10 Å². The van der Waals surface area contributed by atoms with Gasteiger partial charge in [-0.15, -0.1) is 11.3 Å². The highest BCUT2D eigenvalue weighted by Crippen LogP contribution is 2.34. The zero-order valence-electron chi connectivity index (χ0n) is 19.1. The molecule has 0 aliphatic carbocycles. The van der Waals surface area contributed by atoms with Gasteiger partial charge in [0.2, 0.25) is 5.91 Å². The number of thiophene rings is 1. The third-order valence-corrected chi connectivity index (χ3v) is 7.34. The quantitative estimate of drug-likeness (QED) is 0.580. The maximum atomic E-state index is 13.3. The molecule has 7 heteroatoms. The van der Waals surface area contributed by atoms with Crippen molar-refractivity contribution in [3.63, 3.8) is 0 Å². The summed E-state index contributed by atoms with van der Waals surface area (Å²) in [5.41, 5.74) is 1.88. The first-order valence-corrected chi connectivity index (χ1v) is 12.7. The van der Waals surface area contributed by atoms with Gasteiger partial charge < -0.3 is 19.9 Å². The SMILES string of the molecule is O=C(CN1C[C@H](C(=O)N2CCCCC2)Oc2ccccc21)N[C@@H](c1ccccc1)c1cccs1. The van der Waals surface area contributed by atoms with Crippen LogP contribution >= 0.6 is 11.3 Å². The summed E-state index contributed by atoms with van der Waals surface area (Å²) in [6.07, 6.45) is 2.62. The van der Waals surface area contributed by atoms with E-state index in [1.807, 2.05) is 81.9 Å². The Labute approximate surface area is 204 Å². The van der Waals surface area contributed by atoms with Crippen LogP contribution in [0.15, 0.2) is 72.1 Å². The lowest BCUT2D eigenvalue weighted by molar-refractivity contribution is -0.139. The van der Waals surface area contributed by atoms with Gasteiger partial charge in [0.1, 0.15) is 5.75 Å². The number of carbonyl (C=O) groups is 2. The van der Waals surface area contributed by atoms with Gasteiger partial charge in [-0.25, -0.2) is 0 Å². The van der Waals surface area contributed by atoms with Crippen molar-refractivity contribution in [2.45, 2.75) is 31.4 Å². The van der Waals surface area contributed by atoms with E-state index in [9.17, 15) is 9.59 Å². The van der Waals surface area contributed by atoms with Gasteiger partial charge in [0.15, 0.2) is 6.10 Å². The number of hydrogen-bond acceptors (Lipinski definition) is 5. The molecule has 2 atom stereocenters. The molecule has 2 amide bonds. The highest BCUT2D eigenvalue weighted by molar-refractivity contribution is 7.10. The minimum absolute atomic E-state index is 0.0142. The lowest BCUT2D eigenvalue weighted by Gasteiger charge is -2.38. The Hall–Kier alpha value is -3.32. The van der Waals surface area contributed by atoms with Crippen LogP contribution in [0.3, 0.4) is 0 Å². The van der Waals surface area contributed by atoms with Crippen molar-refractivity contribution in [3.8, 4) is 5.75 Å². The number of fused-ring (bicyclic) bond motifs is 1. The van der Waals surface area contributed by atoms with E-state index in [2.05, 4.69) is 5.32 Å². The van der Waals surface area contributed by atoms with Crippen molar-refractivity contribution in [1.29, 1.82) is 0 Å². The number of nitrogens with zero attached hydrogens (tertiary/aromatic N) is 2. The lowest BCUT2D eigenvalue weighted by atomic mass is 10.1. The average molecular weight is 476 g/mol. The van der Waals surface area contributed by atoms with Gasteiger partial charge >= 0.3 is 0 Å². The summed E-state index contributed by atoms with van der Waals surface area (Å²) in [7, 11) is 0. The topological polar surface area (TPSA) is 61.9 Å². The monoisotopic (exact) mass is 475 g/mol. The van der Waals surface area contributed by atoms with Crippen LogP contribution in [0.4, 0.5) is 5.69 Å². The molecule has 0 spiro atoms. The summed E-state index contributed by atoms with van der Waals surface area (Å²) >= 11 is 1.62. The minimum atomic E-state index is -0.608. The number of rotatable bonds is 6. The smallest absolute Gasteiger partial charge is 0.265 e. The number of para-hydroxylation sites is 2. The highest BCUT2D eigenvalue weighted by Gasteiger charge is 2.34. The molecule has 34 heavy (non-hydrogen) atoms. The molecule has 0 bridgehead atoms. The molecule has 0 saturated carbocycles. The molecule has 2 aliphatic heterocycles. The molecule has 1 N–H and O–H groups in total. The highest BCUT2D eigenvalue weighted by atomic mass is 32.1. The van der Waals surface area contributed by atoms with Gasteiger partial charge in [-0.05, 0) is 48.4 Å². The van der Waals surface area contributed by atoms with E-state index in [1.165, 1.54) is 0 Å². The molecule has 1 aromatic heterocycles. The molecule has 0 unspecified atom stereocenters. The van der Waals surface area contributed by atoms with Crippen LogP contribution in [0.25, 0.3) is 0 Å². The van der Waals surface area contributed by atoms with Crippen molar-refractivity contribution >= 4 is 28.8 Å². The zero-order valence-corrected chi connectivity index (χ0v) is 19.9. The molecule has 3 aromatic rings. The molecule has 5 rings (SSSR count). The van der Waals surface area contributed by atoms with Crippen molar-refractivity contribution in [2.75, 3.05) is 31.1 Å². The Bertz CT molecular complexity index is 1110. The minimum Gasteiger partial charge on any atom is -0.477 e. The third-order valence-electron chi connectivity index (χ3n) is 6.40. The molecule has 2 aliphatic rings. The molecular formula is C27H29N3O3S. The number of amides is 2. The fourth-order valence-corrected chi connectivity index (χ4v) is 5.51. The van der Waals surface area contributed by atoms with Gasteiger partial charge in [0.25, 0.3) is 5.91 Å². The van der Waals surface area contributed by atoms with Crippen LogP contribution in [0.1, 0.15) is 35.7 Å². The number of piperidine rings is 1. The van der Waals surface area contributed by atoms with Crippen LogP contribution in [0.5, 0.6) is 5.75 Å². The van der Waals surface area contributed by atoms with E-state index in [0.717, 1.165) is 48.5 Å². The summed E-state index contributed by atoms with van der Waals surface area (Å²) in [6.45, 7) is 2.06. The van der Waals surface area contributed by atoms with E-state index in [1.54, 1.807) is 11.3 Å². The number of anilines is 1. The Morgan fingerprint density at radius 1 is 0.971 bits per heavy atom. The fourth-order valence-electron chi connectivity index (χ4n) is 4.70. The predicted molar refractivity (Wildman–Crippen MR) is 134 cm³/mol. The molecular weight excluding hydrogens is 446 g/mol. The first-order chi connectivity index (χ1) is 16.7. The number of hydrogen-bond donors (Lipinski definition) is 1. The molecule has 176 valence electrons. The maximum Gasteiger partial charge on any atom is 0.265 e. The van der Waals surface area contributed by atoms with E-state index >= 15 is 0 Å². The second kappa shape index (κ2) is 10.3. The van der Waals surface area contributed by atoms with E-state index in [-0.39, 0.29) is 24.4 Å². The number of nitrogens with one attached hydrogen (secondary N) is 1. The largest absolute Gasteiger partial charge is 0.477 e. The first kappa shape index (κ1) is 22.5. The van der Waals surface area contributed by atoms with Gasteiger partial charge in [-0.2, -0.15) is 0 Å². The molecule has 0 radical (unpaired) electrons. The first-order valence-electron chi connectivity index (χ1n) is 11.9. The summed E-state index contributed by atoms with van der Waals surface area (Å²) in [4.78, 5) is 31.4. The van der Waals surface area contributed by atoms with E-state index in [0.29, 0.717) is 12.3 Å². The van der Waals surface area contributed by atoms with Crippen molar-refractivity contribution in [1.82, 2.24) is 10.2 Å². The molecule has 1 saturated heterocycles. The molecule has 6 nitrogen and oxygen atoms in total. The Balaban J connectivity index is 1.33. The zero-order chi connectivity index (χ0) is 23.3. The second-order valence-corrected chi connectivity index (χ2v) is 9.75. The van der Waals surface area contributed by atoms with Crippen LogP contribution in [0.2, 0.25) is 0 Å². The van der Waals surface area contributed by atoms with Gasteiger partial charge in [-0.1, -0.05) is 48.5 Å². The lowest BCUT2D eigenvalue weighted by Crippen LogP contribution is -2.53. The Morgan fingerprint density at radius 2 is 1.74 bits per heavy atom. The van der Waals surface area contributed by atoms with Crippen molar-refractivity contribution in [2.24, 2.45) is 0 Å². The van der Waals surface area contributed by atoms with Crippen molar-refractivity contribution in [3.05, 3.63) is 82.6 Å². The summed E-state index contributed by atoms with van der Waals surface area (Å²) in [5.74, 6) is 0.568. The average Bonchev–Trinajstić information content (AvgIpc) is 3.42. The second-order valence-electron chi connectivity index (χ2n) is 8.77. The van der Waals surface area contributed by atoms with Gasteiger partial charge in [0.05, 0.1) is 24.8 Å². The van der Waals surface area contributed by atoms with Crippen LogP contribution in [-0.4, -0.2) is 49.0 Å². The number of likely N-dealkylation sites (tertiary alicyclic amines) is 1. The van der Waals surface area contributed by atoms with E-state index in [4.69, 9.17) is 4.74 Å². The number of carbonyl (C=O) groups excluding carboxylic acids is 2. The normalized spacial score (nSPS) is 18.5. The Kier molecular flexibility index (Phi) is 6.81. The van der Waals surface area contributed by atoms with Crippen molar-refractivity contribution < 1.29 is 14.3 Å². The fraction of sp³-hybridized carbons (Fsp3) is 0.333. The maximum absolute atomic E-state index is 13.3. The molecule has 2 aromatic carbocycles. The summed E-state index contributed by atoms with van der Waals surface area (Å²) in [6, 6.07) is 21.5. The Morgan fingerprint density at radius 3 is 2.50 bits per heavy atom. The number of benzene rings is 2. The van der Waals surface area contributed by atoms with Gasteiger partial charge in [0, 0.05) is 18.0 Å². The van der Waals surface area contributed by atoms with Gasteiger partial charge in [-0.3, -0.25) is 9.59 Å². The summed E-state index contributed by atoms with van der Waals surface area (Å²) < 4.78 is 6.11. The van der Waals surface area contributed by atoms with Crippen LogP contribution < -0.4 is 15.0 Å². The molecule has 1 fully saturated rings.